The molecular weight excluding hydrogens is 475 g/mol. The third kappa shape index (κ3) is 6.14. The SMILES string of the molecule is CC1CCN(c2ccc(NC(=O)Nc3c(Cl)cccc3Cl)cc2C(=O)NCC2CCCO2)CC1. The molecular formula is C25H30Cl2N4O3. The van der Waals surface area contributed by atoms with Gasteiger partial charge in [-0.05, 0) is 61.9 Å². The Morgan fingerprint density at radius 2 is 1.79 bits per heavy atom. The molecule has 1 unspecified atom stereocenters. The van der Waals surface area contributed by atoms with Crippen LogP contribution < -0.4 is 20.9 Å². The Morgan fingerprint density at radius 3 is 2.47 bits per heavy atom. The summed E-state index contributed by atoms with van der Waals surface area (Å²) < 4.78 is 5.64. The average molecular weight is 505 g/mol. The maximum absolute atomic E-state index is 13.2. The van der Waals surface area contributed by atoms with Crippen LogP contribution in [0.3, 0.4) is 0 Å². The lowest BCUT2D eigenvalue weighted by molar-refractivity contribution is 0.0858. The number of carbonyl (C=O) groups is 2. The highest BCUT2D eigenvalue weighted by atomic mass is 35.5. The summed E-state index contributed by atoms with van der Waals surface area (Å²) in [6.07, 6.45) is 4.18. The lowest BCUT2D eigenvalue weighted by atomic mass is 9.97. The molecule has 2 aromatic carbocycles. The maximum Gasteiger partial charge on any atom is 0.323 e. The molecule has 2 aliphatic rings. The van der Waals surface area contributed by atoms with Crippen LogP contribution in [-0.2, 0) is 4.74 Å². The third-order valence-electron chi connectivity index (χ3n) is 6.34. The Labute approximate surface area is 210 Å². The molecule has 0 spiro atoms. The fraction of sp³-hybridized carbons (Fsp3) is 0.440. The molecule has 2 aliphatic heterocycles. The number of amides is 3. The predicted molar refractivity (Wildman–Crippen MR) is 137 cm³/mol. The van der Waals surface area contributed by atoms with E-state index in [0.29, 0.717) is 39.4 Å². The molecule has 0 radical (unpaired) electrons. The number of hydrogen-bond donors (Lipinski definition) is 3. The van der Waals surface area contributed by atoms with E-state index in [1.54, 1.807) is 30.3 Å². The van der Waals surface area contributed by atoms with Crippen molar-refractivity contribution in [2.45, 2.75) is 38.7 Å². The minimum Gasteiger partial charge on any atom is -0.376 e. The highest BCUT2D eigenvalue weighted by Gasteiger charge is 2.23. The van der Waals surface area contributed by atoms with Crippen LogP contribution in [0.4, 0.5) is 21.9 Å². The maximum atomic E-state index is 13.2. The number of para-hydroxylation sites is 1. The van der Waals surface area contributed by atoms with Gasteiger partial charge in [0.25, 0.3) is 5.91 Å². The Bertz CT molecular complexity index is 1010. The van der Waals surface area contributed by atoms with Crippen LogP contribution >= 0.6 is 23.2 Å². The van der Waals surface area contributed by atoms with Gasteiger partial charge in [0, 0.05) is 37.6 Å². The van der Waals surface area contributed by atoms with Gasteiger partial charge >= 0.3 is 6.03 Å². The van der Waals surface area contributed by atoms with E-state index >= 15 is 0 Å². The topological polar surface area (TPSA) is 82.7 Å². The number of urea groups is 1. The monoisotopic (exact) mass is 504 g/mol. The van der Waals surface area contributed by atoms with Crippen LogP contribution in [0.5, 0.6) is 0 Å². The molecule has 4 rings (SSSR count). The van der Waals surface area contributed by atoms with E-state index in [-0.39, 0.29) is 12.0 Å². The first-order chi connectivity index (χ1) is 16.4. The molecule has 9 heteroatoms. The van der Waals surface area contributed by atoms with E-state index in [0.717, 1.165) is 51.1 Å². The van der Waals surface area contributed by atoms with Crippen LogP contribution in [0.2, 0.25) is 10.0 Å². The number of nitrogens with zero attached hydrogens (tertiary/aromatic N) is 1. The number of benzene rings is 2. The number of carbonyl (C=O) groups excluding carboxylic acids is 2. The normalized spacial score (nSPS) is 18.6. The summed E-state index contributed by atoms with van der Waals surface area (Å²) in [6.45, 7) is 5.25. The number of piperidine rings is 1. The highest BCUT2D eigenvalue weighted by Crippen LogP contribution is 2.31. The molecule has 0 aliphatic carbocycles. The third-order valence-corrected chi connectivity index (χ3v) is 6.97. The first-order valence-electron chi connectivity index (χ1n) is 11.7. The van der Waals surface area contributed by atoms with Gasteiger partial charge in [-0.15, -0.1) is 0 Å². The van der Waals surface area contributed by atoms with E-state index < -0.39 is 6.03 Å². The zero-order chi connectivity index (χ0) is 24.1. The number of anilines is 3. The summed E-state index contributed by atoms with van der Waals surface area (Å²) in [6, 6.07) is 9.91. The molecule has 7 nitrogen and oxygen atoms in total. The standard InChI is InChI=1S/C25H30Cl2N4O3/c1-16-9-11-31(12-10-16)22-8-7-17(14-19(22)24(32)28-15-18-4-3-13-34-18)29-25(33)30-23-20(26)5-2-6-21(23)27/h2,5-8,14,16,18H,3-4,9-13,15H2,1H3,(H,28,32)(H2,29,30,33). The first kappa shape index (κ1) is 24.6. The van der Waals surface area contributed by atoms with Crippen LogP contribution in [0.15, 0.2) is 36.4 Å². The molecule has 0 aromatic heterocycles. The number of halogens is 2. The molecule has 182 valence electrons. The average Bonchev–Trinajstić information content (AvgIpc) is 3.34. The Hall–Kier alpha value is -2.48. The second kappa shape index (κ2) is 11.3. The molecule has 0 saturated carbocycles. The van der Waals surface area contributed by atoms with Gasteiger partial charge in [-0.2, -0.15) is 0 Å². The molecule has 2 heterocycles. The fourth-order valence-electron chi connectivity index (χ4n) is 4.32. The van der Waals surface area contributed by atoms with Gasteiger partial charge in [-0.1, -0.05) is 36.2 Å². The van der Waals surface area contributed by atoms with Gasteiger partial charge in [-0.3, -0.25) is 4.79 Å². The molecule has 2 fully saturated rings. The lowest BCUT2D eigenvalue weighted by Crippen LogP contribution is -2.36. The van der Waals surface area contributed by atoms with Gasteiger partial charge in [-0.25, -0.2) is 4.79 Å². The first-order valence-corrected chi connectivity index (χ1v) is 12.5. The van der Waals surface area contributed by atoms with Gasteiger partial charge in [0.05, 0.1) is 27.4 Å². The zero-order valence-corrected chi connectivity index (χ0v) is 20.7. The van der Waals surface area contributed by atoms with Crippen molar-refractivity contribution in [3.05, 3.63) is 52.0 Å². The van der Waals surface area contributed by atoms with Crippen molar-refractivity contribution >= 4 is 52.2 Å². The van der Waals surface area contributed by atoms with Gasteiger partial charge < -0.3 is 25.6 Å². The number of nitrogens with one attached hydrogen (secondary N) is 3. The van der Waals surface area contributed by atoms with E-state index in [4.69, 9.17) is 27.9 Å². The molecule has 3 amide bonds. The summed E-state index contributed by atoms with van der Waals surface area (Å²) in [5, 5.41) is 9.15. The largest absolute Gasteiger partial charge is 0.376 e. The van der Waals surface area contributed by atoms with Crippen LogP contribution in [0.1, 0.15) is 43.0 Å². The smallest absolute Gasteiger partial charge is 0.323 e. The van der Waals surface area contributed by atoms with Crippen LogP contribution in [0.25, 0.3) is 0 Å². The summed E-state index contributed by atoms with van der Waals surface area (Å²) in [4.78, 5) is 28.1. The van der Waals surface area contributed by atoms with Gasteiger partial charge in [0.1, 0.15) is 0 Å². The fourth-order valence-corrected chi connectivity index (χ4v) is 4.81. The summed E-state index contributed by atoms with van der Waals surface area (Å²) in [5.74, 6) is 0.497. The Morgan fingerprint density at radius 1 is 1.06 bits per heavy atom. The van der Waals surface area contributed by atoms with Crippen molar-refractivity contribution in [2.24, 2.45) is 5.92 Å². The number of ether oxygens (including phenoxy) is 1. The molecule has 2 saturated heterocycles. The Kier molecular flexibility index (Phi) is 8.19. The summed E-state index contributed by atoms with van der Waals surface area (Å²) >= 11 is 12.3. The van der Waals surface area contributed by atoms with Crippen molar-refractivity contribution in [3.8, 4) is 0 Å². The van der Waals surface area contributed by atoms with E-state index in [1.807, 2.05) is 6.07 Å². The second-order valence-corrected chi connectivity index (χ2v) is 9.74. The number of rotatable bonds is 6. The lowest BCUT2D eigenvalue weighted by Gasteiger charge is -2.33. The minimum absolute atomic E-state index is 0.0516. The van der Waals surface area contributed by atoms with Crippen molar-refractivity contribution in [1.29, 1.82) is 0 Å². The second-order valence-electron chi connectivity index (χ2n) is 8.92. The molecule has 2 aromatic rings. The molecule has 34 heavy (non-hydrogen) atoms. The van der Waals surface area contributed by atoms with Crippen molar-refractivity contribution in [2.75, 3.05) is 41.8 Å². The predicted octanol–water partition coefficient (Wildman–Crippen LogP) is 5.78. The molecule has 0 bridgehead atoms. The molecule has 3 N–H and O–H groups in total. The van der Waals surface area contributed by atoms with Crippen molar-refractivity contribution in [1.82, 2.24) is 5.32 Å². The quantitative estimate of drug-likeness (QED) is 0.465. The van der Waals surface area contributed by atoms with Crippen LogP contribution in [0, 0.1) is 5.92 Å². The van der Waals surface area contributed by atoms with E-state index in [1.165, 1.54) is 0 Å². The van der Waals surface area contributed by atoms with Crippen LogP contribution in [-0.4, -0.2) is 44.3 Å². The van der Waals surface area contributed by atoms with Gasteiger partial charge in [0.15, 0.2) is 0 Å². The molecule has 1 atom stereocenters. The zero-order valence-electron chi connectivity index (χ0n) is 19.2. The van der Waals surface area contributed by atoms with Gasteiger partial charge in [0.2, 0.25) is 0 Å². The van der Waals surface area contributed by atoms with Crippen molar-refractivity contribution < 1.29 is 14.3 Å². The van der Waals surface area contributed by atoms with Crippen molar-refractivity contribution in [3.63, 3.8) is 0 Å². The summed E-state index contributed by atoms with van der Waals surface area (Å²) in [5.41, 5.74) is 2.23. The highest BCUT2D eigenvalue weighted by molar-refractivity contribution is 6.39. The van der Waals surface area contributed by atoms with E-state index in [2.05, 4.69) is 27.8 Å². The summed E-state index contributed by atoms with van der Waals surface area (Å²) in [7, 11) is 0. The van der Waals surface area contributed by atoms with E-state index in [9.17, 15) is 9.59 Å². The Balaban J connectivity index is 1.51. The minimum atomic E-state index is -0.500. The number of hydrogen-bond acceptors (Lipinski definition) is 4.